The van der Waals surface area contributed by atoms with Crippen molar-refractivity contribution in [3.63, 3.8) is 0 Å². The highest BCUT2D eigenvalue weighted by Crippen LogP contribution is 2.24. The van der Waals surface area contributed by atoms with E-state index in [-0.39, 0.29) is 11.6 Å². The summed E-state index contributed by atoms with van der Waals surface area (Å²) in [5, 5.41) is 2.66. The first-order chi connectivity index (χ1) is 6.56. The summed E-state index contributed by atoms with van der Waals surface area (Å²) in [4.78, 5) is 0. The van der Waals surface area contributed by atoms with Crippen molar-refractivity contribution in [3.8, 4) is 0 Å². The molecule has 0 spiro atoms. The molecule has 0 atom stereocenters. The molecule has 1 nitrogen and oxygen atoms in total. The zero-order valence-electron chi connectivity index (χ0n) is 8.70. The normalized spacial score (nSPS) is 10.7. The van der Waals surface area contributed by atoms with Gasteiger partial charge in [-0.1, -0.05) is 13.8 Å². The predicted octanol–water partition coefficient (Wildman–Crippen LogP) is 3.52. The van der Waals surface area contributed by atoms with Crippen LogP contribution in [0.3, 0.4) is 0 Å². The van der Waals surface area contributed by atoms with Gasteiger partial charge in [0.25, 0.3) is 0 Å². The van der Waals surface area contributed by atoms with Crippen LogP contribution in [0.15, 0.2) is 12.1 Å². The molecule has 0 unspecified atom stereocenters. The molecule has 0 amide bonds. The maximum atomic E-state index is 13.4. The highest BCUT2D eigenvalue weighted by atomic mass is 19.1. The molecule has 3 heteroatoms. The summed E-state index contributed by atoms with van der Waals surface area (Å²) in [5.41, 5.74) is 0.651. The minimum Gasteiger partial charge on any atom is -0.381 e. The van der Waals surface area contributed by atoms with Crippen LogP contribution in [-0.4, -0.2) is 6.54 Å². The van der Waals surface area contributed by atoms with Crippen LogP contribution in [0.5, 0.6) is 0 Å². The van der Waals surface area contributed by atoms with Crippen LogP contribution in [0.4, 0.5) is 14.5 Å². The van der Waals surface area contributed by atoms with Crippen LogP contribution in [0.25, 0.3) is 0 Å². The molecule has 0 aliphatic rings. The number of halogens is 2. The first-order valence-corrected chi connectivity index (χ1v) is 4.79. The Balaban J connectivity index is 3.11. The van der Waals surface area contributed by atoms with Crippen LogP contribution >= 0.6 is 0 Å². The van der Waals surface area contributed by atoms with Crippen molar-refractivity contribution in [1.29, 1.82) is 0 Å². The Kier molecular flexibility index (Phi) is 3.44. The van der Waals surface area contributed by atoms with Crippen LogP contribution in [0, 0.1) is 11.6 Å². The minimum absolute atomic E-state index is 0.0306. The van der Waals surface area contributed by atoms with E-state index in [0.29, 0.717) is 12.1 Å². The van der Waals surface area contributed by atoms with Crippen LogP contribution in [0.2, 0.25) is 0 Å². The average Bonchev–Trinajstić information content (AvgIpc) is 2.10. The number of benzene rings is 1. The first-order valence-electron chi connectivity index (χ1n) is 4.79. The molecule has 0 fully saturated rings. The van der Waals surface area contributed by atoms with Gasteiger partial charge in [0, 0.05) is 6.54 Å². The van der Waals surface area contributed by atoms with Crippen molar-refractivity contribution in [1.82, 2.24) is 0 Å². The van der Waals surface area contributed by atoms with Crippen molar-refractivity contribution < 1.29 is 8.78 Å². The standard InChI is InChI=1S/C11H15F2N/c1-4-14-11-9(12)5-8(7(2)3)6-10(11)13/h5-7,14H,4H2,1-3H3. The summed E-state index contributed by atoms with van der Waals surface area (Å²) in [5.74, 6) is -0.902. The molecule has 0 heterocycles. The molecule has 0 saturated heterocycles. The first kappa shape index (κ1) is 11.0. The maximum Gasteiger partial charge on any atom is 0.149 e. The van der Waals surface area contributed by atoms with Crippen molar-refractivity contribution in [2.45, 2.75) is 26.7 Å². The molecule has 0 radical (unpaired) electrons. The molecule has 1 aromatic carbocycles. The molecular weight excluding hydrogens is 184 g/mol. The fourth-order valence-corrected chi connectivity index (χ4v) is 1.27. The maximum absolute atomic E-state index is 13.4. The lowest BCUT2D eigenvalue weighted by Crippen LogP contribution is -2.04. The molecule has 1 rings (SSSR count). The molecule has 0 bridgehead atoms. The van der Waals surface area contributed by atoms with E-state index in [2.05, 4.69) is 5.32 Å². The van der Waals surface area contributed by atoms with E-state index < -0.39 is 11.6 Å². The molecule has 1 aromatic rings. The van der Waals surface area contributed by atoms with Crippen LogP contribution in [-0.2, 0) is 0 Å². The van der Waals surface area contributed by atoms with Gasteiger partial charge in [-0.2, -0.15) is 0 Å². The van der Waals surface area contributed by atoms with Crippen molar-refractivity contribution in [2.75, 3.05) is 11.9 Å². The summed E-state index contributed by atoms with van der Waals surface area (Å²) in [6.45, 7) is 6.12. The molecule has 0 aromatic heterocycles. The molecular formula is C11H15F2N. The van der Waals surface area contributed by atoms with E-state index in [1.54, 1.807) is 6.92 Å². The van der Waals surface area contributed by atoms with E-state index in [9.17, 15) is 8.78 Å². The van der Waals surface area contributed by atoms with Gasteiger partial charge in [0.15, 0.2) is 0 Å². The van der Waals surface area contributed by atoms with E-state index >= 15 is 0 Å². The molecule has 1 N–H and O–H groups in total. The number of hydrogen-bond donors (Lipinski definition) is 1. The van der Waals surface area contributed by atoms with Gasteiger partial charge in [0.05, 0.1) is 0 Å². The highest BCUT2D eigenvalue weighted by molar-refractivity contribution is 5.48. The summed E-state index contributed by atoms with van der Waals surface area (Å²) < 4.78 is 26.7. The fourth-order valence-electron chi connectivity index (χ4n) is 1.27. The monoisotopic (exact) mass is 199 g/mol. The summed E-state index contributed by atoms with van der Waals surface area (Å²) >= 11 is 0. The van der Waals surface area contributed by atoms with Gasteiger partial charge < -0.3 is 5.32 Å². The van der Waals surface area contributed by atoms with Gasteiger partial charge in [-0.05, 0) is 30.5 Å². The van der Waals surface area contributed by atoms with E-state index in [1.165, 1.54) is 12.1 Å². The third kappa shape index (κ3) is 2.22. The van der Waals surface area contributed by atoms with Gasteiger partial charge in [-0.25, -0.2) is 8.78 Å². The zero-order chi connectivity index (χ0) is 10.7. The Morgan fingerprint density at radius 1 is 1.21 bits per heavy atom. The SMILES string of the molecule is CCNc1c(F)cc(C(C)C)cc1F. The second-order valence-electron chi connectivity index (χ2n) is 3.54. The van der Waals surface area contributed by atoms with E-state index in [1.807, 2.05) is 13.8 Å². The Morgan fingerprint density at radius 3 is 2.07 bits per heavy atom. The molecule has 78 valence electrons. The third-order valence-electron chi connectivity index (χ3n) is 2.08. The minimum atomic E-state index is -0.518. The van der Waals surface area contributed by atoms with Crippen molar-refractivity contribution >= 4 is 5.69 Å². The van der Waals surface area contributed by atoms with E-state index in [4.69, 9.17) is 0 Å². The Bertz CT molecular complexity index is 298. The number of nitrogens with one attached hydrogen (secondary N) is 1. The largest absolute Gasteiger partial charge is 0.381 e. The fraction of sp³-hybridized carbons (Fsp3) is 0.455. The quantitative estimate of drug-likeness (QED) is 0.785. The van der Waals surface area contributed by atoms with Crippen LogP contribution in [0.1, 0.15) is 32.3 Å². The lowest BCUT2D eigenvalue weighted by molar-refractivity contribution is 0.582. The summed E-state index contributed by atoms with van der Waals surface area (Å²) in [6, 6.07) is 2.76. The number of anilines is 1. The van der Waals surface area contributed by atoms with Crippen molar-refractivity contribution in [2.24, 2.45) is 0 Å². The van der Waals surface area contributed by atoms with Gasteiger partial charge >= 0.3 is 0 Å². The third-order valence-corrected chi connectivity index (χ3v) is 2.08. The average molecular weight is 199 g/mol. The van der Waals surface area contributed by atoms with Gasteiger partial charge in [-0.15, -0.1) is 0 Å². The van der Waals surface area contributed by atoms with Gasteiger partial charge in [0.1, 0.15) is 17.3 Å². The Labute approximate surface area is 83.1 Å². The molecule has 14 heavy (non-hydrogen) atoms. The van der Waals surface area contributed by atoms with Gasteiger partial charge in [0.2, 0.25) is 0 Å². The zero-order valence-corrected chi connectivity index (χ0v) is 8.70. The Hall–Kier alpha value is -1.12. The molecule has 0 aliphatic carbocycles. The molecule has 0 saturated carbocycles. The lowest BCUT2D eigenvalue weighted by Gasteiger charge is -2.10. The summed E-state index contributed by atoms with van der Waals surface area (Å²) in [7, 11) is 0. The highest BCUT2D eigenvalue weighted by Gasteiger charge is 2.11. The predicted molar refractivity (Wildman–Crippen MR) is 54.6 cm³/mol. The smallest absolute Gasteiger partial charge is 0.149 e. The van der Waals surface area contributed by atoms with Gasteiger partial charge in [-0.3, -0.25) is 0 Å². The second-order valence-corrected chi connectivity index (χ2v) is 3.54. The second kappa shape index (κ2) is 4.40. The van der Waals surface area contributed by atoms with Crippen LogP contribution < -0.4 is 5.32 Å². The number of hydrogen-bond acceptors (Lipinski definition) is 1. The van der Waals surface area contributed by atoms with Crippen molar-refractivity contribution in [3.05, 3.63) is 29.3 Å². The summed E-state index contributed by atoms with van der Waals surface area (Å²) in [6.07, 6.45) is 0. The number of rotatable bonds is 3. The topological polar surface area (TPSA) is 12.0 Å². The molecule has 0 aliphatic heterocycles. The Morgan fingerprint density at radius 2 is 1.71 bits per heavy atom. The van der Waals surface area contributed by atoms with E-state index in [0.717, 1.165) is 0 Å². The lowest BCUT2D eigenvalue weighted by atomic mass is 10.0.